The van der Waals surface area contributed by atoms with Gasteiger partial charge in [-0.2, -0.15) is 0 Å². The number of ether oxygens (including phenoxy) is 3. The zero-order valence-corrected chi connectivity index (χ0v) is 33.2. The third kappa shape index (κ3) is 20.0. The molecule has 0 aliphatic heterocycles. The number of nitrogens with one attached hydrogen (secondary N) is 6. The first kappa shape index (κ1) is 46.5. The quantitative estimate of drug-likeness (QED) is 0.0402. The van der Waals surface area contributed by atoms with Gasteiger partial charge in [-0.05, 0) is 75.7 Å². The average Bonchev–Trinajstić information content (AvgIpc) is 3.16. The summed E-state index contributed by atoms with van der Waals surface area (Å²) in [5.74, 6) is -1.72. The molecule has 302 valence electrons. The van der Waals surface area contributed by atoms with Gasteiger partial charge in [0.1, 0.15) is 19.3 Å². The highest BCUT2D eigenvalue weighted by molar-refractivity contribution is 8.08. The number of benzene rings is 2. The molecule has 0 aliphatic carbocycles. The third-order valence-corrected chi connectivity index (χ3v) is 8.87. The standard InChI is InChI=1S/C39H57N7O8S/c1-6-9-28(3)55-29(4)33-22-32(15-16-34(33)42-7-2)44-38(50)26-54-21-19-52-18-20-53-25-37(49)43-24-36(48)46-35(10-8-17-40-5)39(51)45-31-13-11-30(12-14-31)23-41-27-47/h7,11-16,22,27-28,35,40H,4,6,8-10,17-21,23-26H2,1-3,5H3,(H,41,47)(H,43,49)(H,44,50)(H,45,51)(H,46,48)/b42-7-. The second-order valence-corrected chi connectivity index (χ2v) is 13.9. The van der Waals surface area contributed by atoms with Crippen LogP contribution in [-0.4, -0.2) is 107 Å². The molecule has 5 amide bonds. The largest absolute Gasteiger partial charge is 0.377 e. The minimum Gasteiger partial charge on any atom is -0.377 e. The highest BCUT2D eigenvalue weighted by Gasteiger charge is 2.21. The molecule has 0 saturated carbocycles. The number of carbonyl (C=O) groups is 5. The van der Waals surface area contributed by atoms with Gasteiger partial charge in [-0.15, -0.1) is 11.8 Å². The van der Waals surface area contributed by atoms with Gasteiger partial charge in [-0.25, -0.2) is 0 Å². The lowest BCUT2D eigenvalue weighted by Gasteiger charge is -2.19. The van der Waals surface area contributed by atoms with Crippen LogP contribution >= 0.6 is 11.8 Å². The smallest absolute Gasteiger partial charge is 0.250 e. The van der Waals surface area contributed by atoms with E-state index in [0.29, 0.717) is 49.0 Å². The fourth-order valence-electron chi connectivity index (χ4n) is 5.05. The zero-order chi connectivity index (χ0) is 40.3. The second kappa shape index (κ2) is 27.9. The zero-order valence-electron chi connectivity index (χ0n) is 32.4. The van der Waals surface area contributed by atoms with E-state index in [2.05, 4.69) is 57.3 Å². The van der Waals surface area contributed by atoms with Crippen molar-refractivity contribution in [3.63, 3.8) is 0 Å². The first-order chi connectivity index (χ1) is 26.6. The van der Waals surface area contributed by atoms with Crippen molar-refractivity contribution in [2.75, 3.05) is 70.4 Å². The lowest BCUT2D eigenvalue weighted by Crippen LogP contribution is -2.48. The topological polar surface area (TPSA) is 198 Å². The van der Waals surface area contributed by atoms with Gasteiger partial charge in [-0.3, -0.25) is 29.0 Å². The summed E-state index contributed by atoms with van der Waals surface area (Å²) in [6, 6.07) is 11.7. The van der Waals surface area contributed by atoms with Gasteiger partial charge in [0, 0.05) is 39.9 Å². The van der Waals surface area contributed by atoms with Crippen molar-refractivity contribution in [2.45, 2.75) is 64.3 Å². The summed E-state index contributed by atoms with van der Waals surface area (Å²) in [5, 5.41) is 16.8. The molecule has 0 saturated heterocycles. The summed E-state index contributed by atoms with van der Waals surface area (Å²) in [4.78, 5) is 66.1. The second-order valence-electron chi connectivity index (χ2n) is 12.4. The Hall–Kier alpha value is -4.61. The number of anilines is 2. The van der Waals surface area contributed by atoms with Gasteiger partial charge >= 0.3 is 0 Å². The van der Waals surface area contributed by atoms with Crippen LogP contribution in [-0.2, 0) is 44.7 Å². The van der Waals surface area contributed by atoms with E-state index in [1.54, 1.807) is 55.4 Å². The van der Waals surface area contributed by atoms with E-state index in [9.17, 15) is 24.0 Å². The van der Waals surface area contributed by atoms with Crippen molar-refractivity contribution in [1.29, 1.82) is 0 Å². The summed E-state index contributed by atoms with van der Waals surface area (Å²) in [7, 11) is 1.80. The monoisotopic (exact) mass is 783 g/mol. The van der Waals surface area contributed by atoms with E-state index in [1.807, 2.05) is 19.1 Å². The number of hydrogen-bond acceptors (Lipinski definition) is 11. The third-order valence-electron chi connectivity index (χ3n) is 7.73. The molecule has 0 fully saturated rings. The number of amides is 5. The minimum atomic E-state index is -0.818. The van der Waals surface area contributed by atoms with Crippen LogP contribution < -0.4 is 31.9 Å². The maximum Gasteiger partial charge on any atom is 0.250 e. The number of thioether (sulfide) groups is 1. The maximum atomic E-state index is 13.0. The van der Waals surface area contributed by atoms with E-state index in [0.717, 1.165) is 34.6 Å². The number of aliphatic imine (C=N–C) groups is 1. The average molecular weight is 784 g/mol. The van der Waals surface area contributed by atoms with Crippen molar-refractivity contribution in [3.05, 3.63) is 60.2 Å². The lowest BCUT2D eigenvalue weighted by atomic mass is 10.1. The van der Waals surface area contributed by atoms with Crippen molar-refractivity contribution in [1.82, 2.24) is 21.3 Å². The number of rotatable bonds is 29. The highest BCUT2D eigenvalue weighted by Crippen LogP contribution is 2.37. The molecule has 6 N–H and O–H groups in total. The Morgan fingerprint density at radius 2 is 1.56 bits per heavy atom. The van der Waals surface area contributed by atoms with Crippen molar-refractivity contribution >= 4 is 70.0 Å². The van der Waals surface area contributed by atoms with Crippen LogP contribution in [0.25, 0.3) is 4.91 Å². The summed E-state index contributed by atoms with van der Waals surface area (Å²) in [6.45, 7) is 11.4. The fourth-order valence-corrected chi connectivity index (χ4v) is 6.18. The van der Waals surface area contributed by atoms with Crippen LogP contribution in [0, 0.1) is 0 Å². The molecule has 0 aliphatic rings. The summed E-state index contributed by atoms with van der Waals surface area (Å²) < 4.78 is 16.2. The molecule has 2 aromatic carbocycles. The molecule has 55 heavy (non-hydrogen) atoms. The van der Waals surface area contributed by atoms with E-state index in [-0.39, 0.29) is 52.1 Å². The fraction of sp³-hybridized carbons (Fsp3) is 0.487. The molecule has 0 heterocycles. The van der Waals surface area contributed by atoms with Crippen LogP contribution in [0.1, 0.15) is 57.6 Å². The molecule has 0 spiro atoms. The lowest BCUT2D eigenvalue weighted by molar-refractivity contribution is -0.130. The first-order valence-corrected chi connectivity index (χ1v) is 19.3. The molecule has 0 bridgehead atoms. The summed E-state index contributed by atoms with van der Waals surface area (Å²) in [5.41, 5.74) is 3.69. The summed E-state index contributed by atoms with van der Waals surface area (Å²) >= 11 is 1.70. The molecule has 16 heteroatoms. The molecule has 2 unspecified atom stereocenters. The Labute approximate surface area is 328 Å². The highest BCUT2D eigenvalue weighted by atomic mass is 32.2. The minimum absolute atomic E-state index is 0.129. The van der Waals surface area contributed by atoms with Crippen molar-refractivity contribution < 1.29 is 38.2 Å². The van der Waals surface area contributed by atoms with Crippen molar-refractivity contribution in [3.8, 4) is 0 Å². The van der Waals surface area contributed by atoms with E-state index in [4.69, 9.17) is 14.2 Å². The molecule has 0 radical (unpaired) electrons. The van der Waals surface area contributed by atoms with Gasteiger partial charge < -0.3 is 46.1 Å². The first-order valence-electron chi connectivity index (χ1n) is 18.4. The van der Waals surface area contributed by atoms with E-state index < -0.39 is 23.8 Å². The van der Waals surface area contributed by atoms with Crippen LogP contribution in [0.15, 0.2) is 54.0 Å². The Balaban J connectivity index is 1.63. The number of nitrogens with zero attached hydrogens (tertiary/aromatic N) is 1. The molecular formula is C39H57N7O8S. The van der Waals surface area contributed by atoms with Crippen LogP contribution in [0.3, 0.4) is 0 Å². The van der Waals surface area contributed by atoms with Crippen LogP contribution in [0.2, 0.25) is 0 Å². The van der Waals surface area contributed by atoms with Crippen molar-refractivity contribution in [2.24, 2.45) is 4.99 Å². The van der Waals surface area contributed by atoms with E-state index in [1.165, 1.54) is 0 Å². The Morgan fingerprint density at radius 1 is 0.891 bits per heavy atom. The maximum absolute atomic E-state index is 13.0. The molecule has 2 atom stereocenters. The van der Waals surface area contributed by atoms with Gasteiger partial charge in [0.15, 0.2) is 0 Å². The molecule has 0 aromatic heterocycles. The predicted octanol–water partition coefficient (Wildman–Crippen LogP) is 3.77. The SMILES string of the molecule is C=C(SC(C)CCC)c1cc(NC(=O)COCCOCCOCC(=O)NCC(=O)NC(CCCNC)C(=O)Nc2ccc(CNC=O)cc2)ccc1/N=C\C. The van der Waals surface area contributed by atoms with Gasteiger partial charge in [0.25, 0.3) is 0 Å². The molecule has 15 nitrogen and oxygen atoms in total. The predicted molar refractivity (Wildman–Crippen MR) is 218 cm³/mol. The van der Waals surface area contributed by atoms with Gasteiger partial charge in [-0.1, -0.05) is 39.0 Å². The summed E-state index contributed by atoms with van der Waals surface area (Å²) in [6.07, 6.45) is 5.52. The molecule has 2 aromatic rings. The molecule has 2 rings (SSSR count). The van der Waals surface area contributed by atoms with E-state index >= 15 is 0 Å². The normalized spacial score (nSPS) is 12.1. The Bertz CT molecular complexity index is 1540. The van der Waals surface area contributed by atoms with Crippen LogP contribution in [0.5, 0.6) is 0 Å². The Kier molecular flexibility index (Phi) is 23.6. The molecular weight excluding hydrogens is 727 g/mol. The Morgan fingerprint density at radius 3 is 2.22 bits per heavy atom. The van der Waals surface area contributed by atoms with Crippen LogP contribution in [0.4, 0.5) is 17.1 Å². The van der Waals surface area contributed by atoms with Gasteiger partial charge in [0.05, 0.1) is 38.7 Å². The van der Waals surface area contributed by atoms with Gasteiger partial charge in [0.2, 0.25) is 30.0 Å². The number of carbonyl (C=O) groups excluding carboxylic acids is 5. The number of hydrogen-bond donors (Lipinski definition) is 6.